The number of hydrogen-bond donors (Lipinski definition) is 2. The third kappa shape index (κ3) is 6.36. The van der Waals surface area contributed by atoms with Crippen molar-refractivity contribution in [3.05, 3.63) is 68.1 Å². The van der Waals surface area contributed by atoms with E-state index in [9.17, 15) is 14.6 Å². The van der Waals surface area contributed by atoms with Gasteiger partial charge < -0.3 is 14.7 Å². The zero-order valence-electron chi connectivity index (χ0n) is 24.4. The van der Waals surface area contributed by atoms with Crippen molar-refractivity contribution in [1.82, 2.24) is 10.1 Å². The lowest BCUT2D eigenvalue weighted by Crippen LogP contribution is -2.19. The number of rotatable bonds is 4. The molecule has 0 spiro atoms. The number of halogens is 3. The van der Waals surface area contributed by atoms with Gasteiger partial charge in [0.05, 0.1) is 43.6 Å². The van der Waals surface area contributed by atoms with Gasteiger partial charge in [-0.3, -0.25) is 0 Å². The molecule has 2 bridgehead atoms. The highest BCUT2D eigenvalue weighted by Crippen LogP contribution is 2.56. The minimum atomic E-state index is -1.25. The van der Waals surface area contributed by atoms with E-state index < -0.39 is 5.60 Å². The Morgan fingerprint density at radius 3 is 2.48 bits per heavy atom. The average Bonchev–Trinajstić information content (AvgIpc) is 3.63. The number of nitrogens with zero attached hydrogens (tertiary/aromatic N) is 3. The van der Waals surface area contributed by atoms with Gasteiger partial charge in [-0.15, -0.1) is 11.3 Å². The third-order valence-electron chi connectivity index (χ3n) is 8.07. The summed E-state index contributed by atoms with van der Waals surface area (Å²) in [4.78, 5) is 4.62. The van der Waals surface area contributed by atoms with Crippen molar-refractivity contribution in [2.75, 3.05) is 0 Å². The van der Waals surface area contributed by atoms with Gasteiger partial charge in [-0.1, -0.05) is 61.6 Å². The molecule has 2 fully saturated rings. The van der Waals surface area contributed by atoms with Crippen LogP contribution in [0.4, 0.5) is 4.39 Å². The van der Waals surface area contributed by atoms with E-state index in [1.54, 1.807) is 49.4 Å². The minimum absolute atomic E-state index is 0.195. The van der Waals surface area contributed by atoms with Gasteiger partial charge in [0.15, 0.2) is 11.6 Å². The summed E-state index contributed by atoms with van der Waals surface area (Å²) in [7, 11) is 0. The first-order chi connectivity index (χ1) is 20.0. The Morgan fingerprint density at radius 2 is 1.88 bits per heavy atom. The number of fused-ring (bicyclic) bond motifs is 3. The molecule has 0 radical (unpaired) electrons. The van der Waals surface area contributed by atoms with Crippen LogP contribution in [-0.2, 0) is 12.2 Å². The normalized spacial score (nSPS) is 21.3. The van der Waals surface area contributed by atoms with Crippen molar-refractivity contribution in [2.45, 2.75) is 78.4 Å². The zero-order chi connectivity index (χ0) is 30.8. The standard InChI is InChI=1S/C17H17FN2S.C13H13Cl2NO3.C2H6/c1-9-5-11-3-2-4-12(9)15(11)17-20-16-13(18)6-10(8-19)7-14(16)21-17;1-13(2,18)12-7(6-17)11(16-19-12)10-8(14)4-3-5-9(10)15;1-2/h6-7,9,11-12,15H,2-5H2,1H3;3-5,17-18H,6H2,1-2H3;1-2H3. The summed E-state index contributed by atoms with van der Waals surface area (Å²) in [5.74, 6) is 2.54. The number of aliphatic hydroxyl groups excluding tert-OH is 1. The number of thiazole rings is 1. The molecule has 42 heavy (non-hydrogen) atoms. The maximum Gasteiger partial charge on any atom is 0.173 e. The van der Waals surface area contributed by atoms with E-state index in [-0.39, 0.29) is 18.2 Å². The monoisotopic (exact) mass is 631 g/mol. The van der Waals surface area contributed by atoms with Crippen molar-refractivity contribution in [3.63, 3.8) is 0 Å². The molecule has 10 heteroatoms. The Labute approximate surface area is 260 Å². The van der Waals surface area contributed by atoms with Gasteiger partial charge in [0, 0.05) is 11.5 Å². The largest absolute Gasteiger partial charge is 0.391 e. The molecule has 2 saturated carbocycles. The summed E-state index contributed by atoms with van der Waals surface area (Å²) in [6, 6.07) is 10.1. The first kappa shape index (κ1) is 32.4. The third-order valence-corrected chi connectivity index (χ3v) is 9.80. The fraction of sp³-hybridized carbons (Fsp3) is 0.469. The molecule has 6 nitrogen and oxygen atoms in total. The van der Waals surface area contributed by atoms with Crippen LogP contribution in [0.25, 0.3) is 21.5 Å². The highest BCUT2D eigenvalue weighted by molar-refractivity contribution is 7.18. The smallest absolute Gasteiger partial charge is 0.173 e. The summed E-state index contributed by atoms with van der Waals surface area (Å²) >= 11 is 13.8. The molecule has 0 saturated heterocycles. The van der Waals surface area contributed by atoms with Gasteiger partial charge in [0.2, 0.25) is 0 Å². The Morgan fingerprint density at radius 1 is 1.19 bits per heavy atom. The van der Waals surface area contributed by atoms with E-state index in [0.717, 1.165) is 21.5 Å². The lowest BCUT2D eigenvalue weighted by molar-refractivity contribution is 0.0448. The van der Waals surface area contributed by atoms with Crippen LogP contribution < -0.4 is 0 Å². The molecule has 0 amide bonds. The summed E-state index contributed by atoms with van der Waals surface area (Å²) in [5, 5.41) is 34.2. The van der Waals surface area contributed by atoms with Gasteiger partial charge in [0.1, 0.15) is 16.8 Å². The molecule has 224 valence electrons. The quantitative estimate of drug-likeness (QED) is 0.233. The summed E-state index contributed by atoms with van der Waals surface area (Å²) in [5.41, 5.74) is 0.783. The fourth-order valence-electron chi connectivity index (χ4n) is 6.33. The molecule has 2 aromatic carbocycles. The molecular formula is C32H36Cl2FN3O3S. The summed E-state index contributed by atoms with van der Waals surface area (Å²) in [6.07, 6.45) is 5.18. The van der Waals surface area contributed by atoms with E-state index in [4.69, 9.17) is 33.0 Å². The molecule has 2 N–H and O–H groups in total. The molecule has 4 aromatic rings. The number of hydrogen-bond acceptors (Lipinski definition) is 7. The van der Waals surface area contributed by atoms with E-state index in [1.165, 1.54) is 31.7 Å². The van der Waals surface area contributed by atoms with E-state index >= 15 is 0 Å². The predicted octanol–water partition coefficient (Wildman–Crippen LogP) is 9.24. The van der Waals surface area contributed by atoms with Crippen LogP contribution >= 0.6 is 34.5 Å². The number of aliphatic hydroxyl groups is 2. The van der Waals surface area contributed by atoms with Gasteiger partial charge in [-0.05, 0) is 75.1 Å². The Kier molecular flexibility index (Phi) is 10.3. The molecule has 2 heterocycles. The lowest BCUT2D eigenvalue weighted by Gasteiger charge is -2.29. The fourth-order valence-corrected chi connectivity index (χ4v) is 8.20. The van der Waals surface area contributed by atoms with Crippen molar-refractivity contribution in [2.24, 2.45) is 17.8 Å². The zero-order valence-corrected chi connectivity index (χ0v) is 26.7. The van der Waals surface area contributed by atoms with Crippen LogP contribution in [0.2, 0.25) is 10.0 Å². The average molecular weight is 633 g/mol. The van der Waals surface area contributed by atoms with E-state index in [0.29, 0.717) is 49.8 Å². The van der Waals surface area contributed by atoms with Crippen molar-refractivity contribution in [3.8, 4) is 17.3 Å². The van der Waals surface area contributed by atoms with E-state index in [1.807, 2.05) is 19.9 Å². The van der Waals surface area contributed by atoms with Crippen molar-refractivity contribution < 1.29 is 19.1 Å². The minimum Gasteiger partial charge on any atom is -0.391 e. The molecule has 6 rings (SSSR count). The van der Waals surface area contributed by atoms with Crippen molar-refractivity contribution in [1.29, 1.82) is 5.26 Å². The highest BCUT2D eigenvalue weighted by Gasteiger charge is 2.45. The van der Waals surface area contributed by atoms with Gasteiger partial charge in [0.25, 0.3) is 0 Å². The SMILES string of the molecule is CC.CC(C)(O)c1onc(-c2c(Cl)cccc2Cl)c1CO.CC1CC2CCCC1C2c1nc2c(F)cc(C#N)cc2s1. The molecule has 2 aliphatic carbocycles. The first-order valence-corrected chi connectivity index (χ1v) is 15.9. The van der Waals surface area contributed by atoms with E-state index in [2.05, 4.69) is 17.1 Å². The molecule has 4 atom stereocenters. The van der Waals surface area contributed by atoms with Gasteiger partial charge >= 0.3 is 0 Å². The maximum atomic E-state index is 14.1. The second kappa shape index (κ2) is 13.4. The molecular weight excluding hydrogens is 596 g/mol. The number of nitriles is 1. The van der Waals surface area contributed by atoms with Crippen LogP contribution in [-0.4, -0.2) is 20.4 Å². The van der Waals surface area contributed by atoms with Crippen LogP contribution in [0.5, 0.6) is 0 Å². The van der Waals surface area contributed by atoms with Crippen LogP contribution in [0.15, 0.2) is 34.9 Å². The Bertz CT molecular complexity index is 1570. The second-order valence-electron chi connectivity index (χ2n) is 11.2. The molecule has 0 aliphatic heterocycles. The molecule has 2 aliphatic rings. The predicted molar refractivity (Wildman–Crippen MR) is 166 cm³/mol. The second-order valence-corrected chi connectivity index (χ2v) is 13.1. The van der Waals surface area contributed by atoms with Gasteiger partial charge in [-0.25, -0.2) is 9.37 Å². The summed E-state index contributed by atoms with van der Waals surface area (Å²) < 4.78 is 20.1. The van der Waals surface area contributed by atoms with Crippen molar-refractivity contribution >= 4 is 44.8 Å². The summed E-state index contributed by atoms with van der Waals surface area (Å²) in [6.45, 7) is 9.11. The number of benzene rings is 2. The van der Waals surface area contributed by atoms with Crippen LogP contribution in [0, 0.1) is 34.9 Å². The molecule has 2 aromatic heterocycles. The number of aromatic nitrogens is 2. The highest BCUT2D eigenvalue weighted by atomic mass is 35.5. The lowest BCUT2D eigenvalue weighted by atomic mass is 9.78. The Hall–Kier alpha value is -2.54. The van der Waals surface area contributed by atoms with Gasteiger partial charge in [-0.2, -0.15) is 5.26 Å². The van der Waals surface area contributed by atoms with Crippen LogP contribution in [0.1, 0.15) is 88.1 Å². The molecule has 4 unspecified atom stereocenters. The Balaban J connectivity index is 0.000000183. The topological polar surface area (TPSA) is 103 Å². The van der Waals surface area contributed by atoms with Crippen LogP contribution in [0.3, 0.4) is 0 Å². The first-order valence-electron chi connectivity index (χ1n) is 14.3. The maximum absolute atomic E-state index is 14.1.